The Morgan fingerprint density at radius 3 is 2.54 bits per heavy atom. The van der Waals surface area contributed by atoms with Crippen molar-refractivity contribution in [3.05, 3.63) is 63.6 Å². The molecule has 0 bridgehead atoms. The van der Waals surface area contributed by atoms with Crippen molar-refractivity contribution in [3.63, 3.8) is 0 Å². The van der Waals surface area contributed by atoms with Crippen LogP contribution in [0.15, 0.2) is 47.6 Å². The van der Waals surface area contributed by atoms with Gasteiger partial charge in [-0.2, -0.15) is 0 Å². The first-order chi connectivity index (χ1) is 11.5. The number of nitrogens with zero attached hydrogens (tertiary/aromatic N) is 1. The molecule has 2 aromatic rings. The lowest BCUT2D eigenvalue weighted by Gasteiger charge is -2.05. The number of nitrogens with one attached hydrogen (secondary N) is 1. The largest absolute Gasteiger partial charge is 0.386 e. The lowest BCUT2D eigenvalue weighted by molar-refractivity contribution is -0.120. The van der Waals surface area contributed by atoms with Gasteiger partial charge in [0, 0.05) is 16.8 Å². The Morgan fingerprint density at radius 2 is 1.88 bits per heavy atom. The molecule has 0 atom stereocenters. The number of primary amides is 1. The van der Waals surface area contributed by atoms with Gasteiger partial charge in [-0.3, -0.25) is 9.59 Å². The molecule has 0 heterocycles. The maximum absolute atomic E-state index is 11.7. The molecule has 0 saturated heterocycles. The highest BCUT2D eigenvalue weighted by Gasteiger charge is 2.05. The van der Waals surface area contributed by atoms with E-state index in [9.17, 15) is 9.59 Å². The summed E-state index contributed by atoms with van der Waals surface area (Å²) in [6.45, 7) is -0.285. The van der Waals surface area contributed by atoms with Crippen LogP contribution in [0.3, 0.4) is 0 Å². The summed E-state index contributed by atoms with van der Waals surface area (Å²) in [4.78, 5) is 27.6. The molecule has 0 spiro atoms. The van der Waals surface area contributed by atoms with Gasteiger partial charge in [-0.1, -0.05) is 40.5 Å². The summed E-state index contributed by atoms with van der Waals surface area (Å²) >= 11 is 11.9. The number of rotatable bonds is 6. The zero-order valence-corrected chi connectivity index (χ0v) is 13.8. The first kappa shape index (κ1) is 17.8. The van der Waals surface area contributed by atoms with Crippen LogP contribution < -0.4 is 11.1 Å². The minimum atomic E-state index is -0.537. The molecule has 0 fully saturated rings. The second kappa shape index (κ2) is 8.33. The summed E-state index contributed by atoms with van der Waals surface area (Å²) in [6, 6.07) is 11.2. The Balaban J connectivity index is 1.84. The van der Waals surface area contributed by atoms with Gasteiger partial charge in [-0.05, 0) is 30.3 Å². The van der Waals surface area contributed by atoms with Crippen molar-refractivity contribution < 1.29 is 14.4 Å². The number of benzene rings is 2. The molecular formula is C16H13Cl2N3O3. The lowest BCUT2D eigenvalue weighted by Crippen LogP contribution is -2.17. The van der Waals surface area contributed by atoms with E-state index in [0.717, 1.165) is 0 Å². The summed E-state index contributed by atoms with van der Waals surface area (Å²) in [5, 5.41) is 7.02. The second-order valence-corrected chi connectivity index (χ2v) is 5.43. The van der Waals surface area contributed by atoms with E-state index in [1.807, 2.05) is 0 Å². The predicted octanol–water partition coefficient (Wildman–Crippen LogP) is 3.08. The average Bonchev–Trinajstić information content (AvgIpc) is 2.55. The summed E-state index contributed by atoms with van der Waals surface area (Å²) in [5.74, 6) is -0.943. The van der Waals surface area contributed by atoms with Crippen molar-refractivity contribution in [3.8, 4) is 0 Å². The van der Waals surface area contributed by atoms with Gasteiger partial charge in [0.25, 0.3) is 5.91 Å². The van der Waals surface area contributed by atoms with Gasteiger partial charge in [0.1, 0.15) is 0 Å². The topological polar surface area (TPSA) is 93.8 Å². The fourth-order valence-electron chi connectivity index (χ4n) is 1.73. The molecule has 8 heteroatoms. The average molecular weight is 366 g/mol. The van der Waals surface area contributed by atoms with E-state index in [-0.39, 0.29) is 6.61 Å². The van der Waals surface area contributed by atoms with Gasteiger partial charge in [0.15, 0.2) is 6.61 Å². The fourth-order valence-corrected chi connectivity index (χ4v) is 2.08. The van der Waals surface area contributed by atoms with Crippen LogP contribution in [0.5, 0.6) is 0 Å². The number of nitrogens with two attached hydrogens (primary N) is 1. The highest BCUT2D eigenvalue weighted by Crippen LogP contribution is 2.24. The Kier molecular flexibility index (Phi) is 6.17. The van der Waals surface area contributed by atoms with Crippen LogP contribution in [0.4, 0.5) is 5.69 Å². The number of amides is 2. The number of anilines is 1. The first-order valence-corrected chi connectivity index (χ1v) is 7.52. The van der Waals surface area contributed by atoms with Gasteiger partial charge in [-0.25, -0.2) is 0 Å². The highest BCUT2D eigenvalue weighted by molar-refractivity contribution is 6.43. The van der Waals surface area contributed by atoms with Crippen molar-refractivity contribution in [1.82, 2.24) is 0 Å². The lowest BCUT2D eigenvalue weighted by atomic mass is 10.2. The molecule has 2 aromatic carbocycles. The van der Waals surface area contributed by atoms with Crippen LogP contribution in [0.25, 0.3) is 0 Å². The van der Waals surface area contributed by atoms with E-state index in [1.165, 1.54) is 18.3 Å². The van der Waals surface area contributed by atoms with Crippen molar-refractivity contribution in [2.75, 3.05) is 11.9 Å². The van der Waals surface area contributed by atoms with E-state index in [2.05, 4.69) is 10.5 Å². The number of carbonyl (C=O) groups is 2. The van der Waals surface area contributed by atoms with Gasteiger partial charge in [-0.15, -0.1) is 0 Å². The molecule has 0 radical (unpaired) electrons. The van der Waals surface area contributed by atoms with E-state index in [4.69, 9.17) is 33.8 Å². The van der Waals surface area contributed by atoms with Crippen LogP contribution in [-0.4, -0.2) is 24.6 Å². The quantitative estimate of drug-likeness (QED) is 0.608. The van der Waals surface area contributed by atoms with Gasteiger partial charge >= 0.3 is 0 Å². The van der Waals surface area contributed by atoms with Crippen LogP contribution in [0.2, 0.25) is 10.0 Å². The van der Waals surface area contributed by atoms with Crippen LogP contribution in [-0.2, 0) is 9.63 Å². The van der Waals surface area contributed by atoms with E-state index >= 15 is 0 Å². The first-order valence-electron chi connectivity index (χ1n) is 6.76. The van der Waals surface area contributed by atoms with Crippen LogP contribution in [0, 0.1) is 0 Å². The van der Waals surface area contributed by atoms with E-state index in [1.54, 1.807) is 30.3 Å². The predicted molar refractivity (Wildman–Crippen MR) is 93.6 cm³/mol. The number of carbonyl (C=O) groups excluding carboxylic acids is 2. The molecule has 0 saturated carbocycles. The minimum absolute atomic E-state index is 0.285. The maximum Gasteiger partial charge on any atom is 0.265 e. The normalized spacial score (nSPS) is 10.6. The van der Waals surface area contributed by atoms with Crippen LogP contribution in [0.1, 0.15) is 15.9 Å². The standard InChI is InChI=1S/C16H13Cl2N3O3/c17-13-3-1-2-11(15(13)18)8-20-24-9-14(22)21-12-6-4-10(5-7-12)16(19)23/h1-8H,9H2,(H2,19,23)(H,21,22)/b20-8-. The summed E-state index contributed by atoms with van der Waals surface area (Å²) in [5.41, 5.74) is 6.57. The van der Waals surface area contributed by atoms with Gasteiger partial charge in [0.2, 0.25) is 5.91 Å². The van der Waals surface area contributed by atoms with Crippen LogP contribution >= 0.6 is 23.2 Å². The number of hydrogen-bond donors (Lipinski definition) is 2. The monoisotopic (exact) mass is 365 g/mol. The molecule has 2 rings (SSSR count). The molecule has 6 nitrogen and oxygen atoms in total. The zero-order chi connectivity index (χ0) is 17.5. The number of oxime groups is 1. The molecule has 0 aliphatic heterocycles. The van der Waals surface area contributed by atoms with Gasteiger partial charge < -0.3 is 15.9 Å². The van der Waals surface area contributed by atoms with Crippen molar-refractivity contribution in [2.24, 2.45) is 10.9 Å². The molecule has 0 aromatic heterocycles. The number of hydrogen-bond acceptors (Lipinski definition) is 4. The SMILES string of the molecule is NC(=O)c1ccc(NC(=O)CO/N=C\c2cccc(Cl)c2Cl)cc1. The molecule has 124 valence electrons. The molecule has 2 amide bonds. The Morgan fingerprint density at radius 1 is 1.17 bits per heavy atom. The molecule has 3 N–H and O–H groups in total. The molecule has 0 unspecified atom stereocenters. The smallest absolute Gasteiger partial charge is 0.265 e. The van der Waals surface area contributed by atoms with Crippen molar-refractivity contribution in [2.45, 2.75) is 0 Å². The summed E-state index contributed by atoms with van der Waals surface area (Å²) in [6.07, 6.45) is 1.36. The van der Waals surface area contributed by atoms with E-state index in [0.29, 0.717) is 26.9 Å². The third-order valence-corrected chi connectivity index (χ3v) is 3.73. The summed E-state index contributed by atoms with van der Waals surface area (Å²) in [7, 11) is 0. The van der Waals surface area contributed by atoms with Gasteiger partial charge in [0.05, 0.1) is 16.3 Å². The molecule has 0 aliphatic rings. The summed E-state index contributed by atoms with van der Waals surface area (Å²) < 4.78 is 0. The Hall–Kier alpha value is -2.57. The van der Waals surface area contributed by atoms with Crippen molar-refractivity contribution >= 4 is 46.9 Å². The zero-order valence-electron chi connectivity index (χ0n) is 12.3. The fraction of sp³-hybridized carbons (Fsp3) is 0.0625. The maximum atomic E-state index is 11.7. The molecule has 24 heavy (non-hydrogen) atoms. The Labute approximate surface area is 148 Å². The third kappa shape index (κ3) is 4.97. The third-order valence-electron chi connectivity index (χ3n) is 2.90. The second-order valence-electron chi connectivity index (χ2n) is 4.64. The number of halogens is 2. The highest BCUT2D eigenvalue weighted by atomic mass is 35.5. The molecular weight excluding hydrogens is 353 g/mol. The van der Waals surface area contributed by atoms with Crippen molar-refractivity contribution in [1.29, 1.82) is 0 Å². The molecule has 0 aliphatic carbocycles. The Bertz CT molecular complexity index is 777. The van der Waals surface area contributed by atoms with E-state index < -0.39 is 11.8 Å². The minimum Gasteiger partial charge on any atom is -0.386 e.